The first kappa shape index (κ1) is 58.4. The highest BCUT2D eigenvalue weighted by Gasteiger charge is 2.26. The van der Waals surface area contributed by atoms with Crippen LogP contribution in [0.15, 0.2) is 0 Å². The van der Waals surface area contributed by atoms with E-state index in [0.29, 0.717) is 12.8 Å². The molecule has 0 aromatic heterocycles. The highest BCUT2D eigenvalue weighted by Crippen LogP contribution is 2.18. The quantitative estimate of drug-likeness (QED) is 0.0460. The molecule has 0 aromatic carbocycles. The summed E-state index contributed by atoms with van der Waals surface area (Å²) in [5.74, 6) is -0.136. The lowest BCUT2D eigenvalue weighted by atomic mass is 9.99. The molecule has 354 valence electrons. The Morgan fingerprint density at radius 2 is 0.576 bits per heavy atom. The third-order valence-corrected chi connectivity index (χ3v) is 13.2. The number of rotatable bonds is 51. The van der Waals surface area contributed by atoms with Crippen LogP contribution < -0.4 is 5.32 Å². The molecule has 0 heterocycles. The summed E-state index contributed by atoms with van der Waals surface area (Å²) in [5, 5.41) is 33.7. The molecule has 59 heavy (non-hydrogen) atoms. The van der Waals surface area contributed by atoms with E-state index < -0.39 is 18.2 Å². The number of aliphatic hydroxyl groups is 3. The van der Waals surface area contributed by atoms with Crippen LogP contribution in [0.25, 0.3) is 0 Å². The van der Waals surface area contributed by atoms with Gasteiger partial charge < -0.3 is 20.6 Å². The molecule has 0 aromatic rings. The van der Waals surface area contributed by atoms with Gasteiger partial charge in [0.05, 0.1) is 18.8 Å². The van der Waals surface area contributed by atoms with Gasteiger partial charge in [-0.15, -0.1) is 0 Å². The molecule has 5 nitrogen and oxygen atoms in total. The molecule has 1 amide bonds. The second-order valence-corrected chi connectivity index (χ2v) is 19.2. The summed E-state index contributed by atoms with van der Waals surface area (Å²) in [7, 11) is 0. The summed E-state index contributed by atoms with van der Waals surface area (Å²) < 4.78 is 0. The highest BCUT2D eigenvalue weighted by atomic mass is 16.3. The summed E-state index contributed by atoms with van der Waals surface area (Å²) in [5.41, 5.74) is 0. The van der Waals surface area contributed by atoms with E-state index in [1.54, 1.807) is 0 Å². The maximum absolute atomic E-state index is 12.5. The fourth-order valence-corrected chi connectivity index (χ4v) is 8.99. The van der Waals surface area contributed by atoms with Crippen LogP contribution in [0, 0.1) is 0 Å². The molecular weight excluding hydrogens is 727 g/mol. The molecule has 0 spiro atoms. The second-order valence-electron chi connectivity index (χ2n) is 19.2. The first-order valence-electron chi connectivity index (χ1n) is 27.3. The van der Waals surface area contributed by atoms with E-state index >= 15 is 0 Å². The van der Waals surface area contributed by atoms with Gasteiger partial charge in [0.1, 0.15) is 6.10 Å². The van der Waals surface area contributed by atoms with Crippen molar-refractivity contribution >= 4 is 5.91 Å². The third kappa shape index (κ3) is 45.2. The number of nitrogens with one attached hydrogen (secondary N) is 1. The standard InChI is InChI=1S/C54H109NO4/c1-3-5-7-9-11-13-15-17-19-21-23-24-25-26-27-28-29-30-31-33-35-37-39-41-43-45-47-49-53(58)55-51(50-56)54(59)52(57)48-46-44-42-40-38-36-34-32-22-20-18-16-14-12-10-8-6-4-2/h51-52,54,56-57,59H,3-50H2,1-2H3,(H,55,58). The fraction of sp³-hybridized carbons (Fsp3) is 0.981. The summed E-state index contributed by atoms with van der Waals surface area (Å²) in [4.78, 5) is 12.5. The van der Waals surface area contributed by atoms with Crippen LogP contribution in [0.4, 0.5) is 0 Å². The zero-order valence-electron chi connectivity index (χ0n) is 40.4. The Hall–Kier alpha value is -0.650. The number of aliphatic hydroxyl groups excluding tert-OH is 3. The van der Waals surface area contributed by atoms with E-state index in [4.69, 9.17) is 0 Å². The number of hydrogen-bond donors (Lipinski definition) is 4. The molecule has 0 bridgehead atoms. The van der Waals surface area contributed by atoms with Crippen molar-refractivity contribution in [1.29, 1.82) is 0 Å². The van der Waals surface area contributed by atoms with Crippen molar-refractivity contribution in [3.63, 3.8) is 0 Å². The van der Waals surface area contributed by atoms with Gasteiger partial charge in [0.15, 0.2) is 0 Å². The average Bonchev–Trinajstić information content (AvgIpc) is 3.24. The van der Waals surface area contributed by atoms with Crippen LogP contribution in [0.3, 0.4) is 0 Å². The van der Waals surface area contributed by atoms with Crippen molar-refractivity contribution in [3.05, 3.63) is 0 Å². The maximum Gasteiger partial charge on any atom is 0.220 e. The van der Waals surface area contributed by atoms with E-state index in [0.717, 1.165) is 32.1 Å². The van der Waals surface area contributed by atoms with Gasteiger partial charge in [-0.2, -0.15) is 0 Å². The summed E-state index contributed by atoms with van der Waals surface area (Å²) in [6.07, 6.45) is 59.6. The molecule has 5 heteroatoms. The van der Waals surface area contributed by atoms with E-state index in [9.17, 15) is 20.1 Å². The normalized spacial score (nSPS) is 13.2. The molecule has 4 N–H and O–H groups in total. The first-order valence-corrected chi connectivity index (χ1v) is 27.3. The molecule has 3 unspecified atom stereocenters. The Labute approximate surface area is 370 Å². The molecular formula is C54H109NO4. The maximum atomic E-state index is 12.5. The topological polar surface area (TPSA) is 89.8 Å². The number of unbranched alkanes of at least 4 members (excludes halogenated alkanes) is 43. The summed E-state index contributed by atoms with van der Waals surface area (Å²) in [6.45, 7) is 4.22. The van der Waals surface area contributed by atoms with Gasteiger partial charge in [0.2, 0.25) is 5.91 Å². The minimum Gasteiger partial charge on any atom is -0.394 e. The predicted octanol–water partition coefficient (Wildman–Crippen LogP) is 16.6. The molecule has 0 aliphatic carbocycles. The lowest BCUT2D eigenvalue weighted by Gasteiger charge is -2.26. The largest absolute Gasteiger partial charge is 0.394 e. The lowest BCUT2D eigenvalue weighted by Crippen LogP contribution is -2.50. The van der Waals surface area contributed by atoms with E-state index in [1.165, 1.54) is 257 Å². The number of carbonyl (C=O) groups is 1. The number of hydrogen-bond acceptors (Lipinski definition) is 4. The van der Waals surface area contributed by atoms with Crippen molar-refractivity contribution in [1.82, 2.24) is 5.32 Å². The van der Waals surface area contributed by atoms with Crippen LogP contribution in [-0.2, 0) is 4.79 Å². The summed E-state index contributed by atoms with van der Waals surface area (Å²) >= 11 is 0. The smallest absolute Gasteiger partial charge is 0.220 e. The van der Waals surface area contributed by atoms with Crippen LogP contribution >= 0.6 is 0 Å². The molecule has 0 fully saturated rings. The van der Waals surface area contributed by atoms with Crippen LogP contribution in [0.1, 0.15) is 316 Å². The summed E-state index contributed by atoms with van der Waals surface area (Å²) in [6, 6.07) is -0.804. The Morgan fingerprint density at radius 3 is 0.814 bits per heavy atom. The monoisotopic (exact) mass is 836 g/mol. The Kier molecular flexibility index (Phi) is 49.4. The Morgan fingerprint density at radius 1 is 0.356 bits per heavy atom. The van der Waals surface area contributed by atoms with Crippen molar-refractivity contribution in [2.24, 2.45) is 0 Å². The zero-order chi connectivity index (χ0) is 43.0. The van der Waals surface area contributed by atoms with Gasteiger partial charge in [-0.05, 0) is 12.8 Å². The Bertz CT molecular complexity index is 792. The average molecular weight is 836 g/mol. The van der Waals surface area contributed by atoms with E-state index in [-0.39, 0.29) is 12.5 Å². The SMILES string of the molecule is CCCCCCCCCCCCCCCCCCCCCCCCCCCCCC(=O)NC(CO)C(O)C(O)CCCCCCCCCCCCCCCCCCCC. The molecule has 0 saturated carbocycles. The van der Waals surface area contributed by atoms with Gasteiger partial charge in [0, 0.05) is 6.42 Å². The number of carbonyl (C=O) groups excluding carboxylic acids is 1. The lowest BCUT2D eigenvalue weighted by molar-refractivity contribution is -0.124. The molecule has 0 aliphatic rings. The van der Waals surface area contributed by atoms with Gasteiger partial charge >= 0.3 is 0 Å². The van der Waals surface area contributed by atoms with Crippen molar-refractivity contribution in [2.45, 2.75) is 334 Å². The van der Waals surface area contributed by atoms with Crippen LogP contribution in [0.5, 0.6) is 0 Å². The van der Waals surface area contributed by atoms with E-state index in [1.807, 2.05) is 0 Å². The van der Waals surface area contributed by atoms with Crippen molar-refractivity contribution in [3.8, 4) is 0 Å². The first-order chi connectivity index (χ1) is 29.1. The Balaban J connectivity index is 3.49. The van der Waals surface area contributed by atoms with Crippen molar-refractivity contribution in [2.75, 3.05) is 6.61 Å². The predicted molar refractivity (Wildman–Crippen MR) is 259 cm³/mol. The molecule has 0 saturated heterocycles. The minimum atomic E-state index is -1.13. The van der Waals surface area contributed by atoms with Gasteiger partial charge in [-0.25, -0.2) is 0 Å². The van der Waals surface area contributed by atoms with Crippen LogP contribution in [0.2, 0.25) is 0 Å². The molecule has 0 radical (unpaired) electrons. The fourth-order valence-electron chi connectivity index (χ4n) is 8.99. The number of amides is 1. The van der Waals surface area contributed by atoms with E-state index in [2.05, 4.69) is 19.2 Å². The van der Waals surface area contributed by atoms with Crippen LogP contribution in [-0.4, -0.2) is 46.1 Å². The second kappa shape index (κ2) is 50.0. The molecule has 3 atom stereocenters. The van der Waals surface area contributed by atoms with Crippen molar-refractivity contribution < 1.29 is 20.1 Å². The van der Waals surface area contributed by atoms with Gasteiger partial charge in [-0.3, -0.25) is 4.79 Å². The highest BCUT2D eigenvalue weighted by molar-refractivity contribution is 5.76. The minimum absolute atomic E-state index is 0.136. The molecule has 0 aliphatic heterocycles. The third-order valence-electron chi connectivity index (χ3n) is 13.2. The van der Waals surface area contributed by atoms with Gasteiger partial charge in [0.25, 0.3) is 0 Å². The zero-order valence-corrected chi connectivity index (χ0v) is 40.4. The van der Waals surface area contributed by atoms with Gasteiger partial charge in [-0.1, -0.05) is 296 Å². The molecule has 0 rings (SSSR count).